The van der Waals surface area contributed by atoms with E-state index >= 15 is 0 Å². The van der Waals surface area contributed by atoms with Crippen LogP contribution in [0.25, 0.3) is 0 Å². The lowest BCUT2D eigenvalue weighted by Crippen LogP contribution is -2.24. The molecule has 0 radical (unpaired) electrons. The fourth-order valence-corrected chi connectivity index (χ4v) is 5.59. The van der Waals surface area contributed by atoms with Gasteiger partial charge in [0.25, 0.3) is 0 Å². The van der Waals surface area contributed by atoms with E-state index in [4.69, 9.17) is 23.2 Å². The van der Waals surface area contributed by atoms with Crippen molar-refractivity contribution in [3.63, 3.8) is 0 Å². The number of hydrogen-bond donors (Lipinski definition) is 1. The fourth-order valence-electron chi connectivity index (χ4n) is 3.55. The predicted molar refractivity (Wildman–Crippen MR) is 127 cm³/mol. The molecule has 0 fully saturated rings. The lowest BCUT2D eigenvalue weighted by Gasteiger charge is -2.16. The SMILES string of the molecule is Cc1c(CN(C)C(=O)O)c(C(C)C)c(Sc2cc(Cl)cc(Cl)c2)n1Cc1ccncc1. The smallest absolute Gasteiger partial charge is 0.407 e. The highest BCUT2D eigenvalue weighted by Crippen LogP contribution is 2.41. The third-order valence-corrected chi connectivity index (χ3v) is 6.62. The van der Waals surface area contributed by atoms with Crippen LogP contribution < -0.4 is 0 Å². The number of amides is 1. The highest BCUT2D eigenvalue weighted by molar-refractivity contribution is 7.99. The highest BCUT2D eigenvalue weighted by Gasteiger charge is 2.25. The average molecular weight is 478 g/mol. The summed E-state index contributed by atoms with van der Waals surface area (Å²) in [4.78, 5) is 17.9. The van der Waals surface area contributed by atoms with E-state index in [9.17, 15) is 9.90 Å². The van der Waals surface area contributed by atoms with Gasteiger partial charge >= 0.3 is 6.09 Å². The van der Waals surface area contributed by atoms with Crippen LogP contribution in [-0.4, -0.2) is 32.7 Å². The van der Waals surface area contributed by atoms with Crippen molar-refractivity contribution in [2.45, 2.75) is 49.7 Å². The Morgan fingerprint density at radius 2 is 1.81 bits per heavy atom. The summed E-state index contributed by atoms with van der Waals surface area (Å²) in [5, 5.41) is 11.7. The maximum atomic E-state index is 11.5. The molecule has 2 aromatic heterocycles. The minimum absolute atomic E-state index is 0.201. The topological polar surface area (TPSA) is 58.4 Å². The Hall–Kier alpha value is -2.15. The molecule has 0 bridgehead atoms. The first-order chi connectivity index (χ1) is 14.7. The lowest BCUT2D eigenvalue weighted by atomic mass is 10.0. The van der Waals surface area contributed by atoms with E-state index in [0.717, 1.165) is 32.3 Å². The Morgan fingerprint density at radius 3 is 2.35 bits per heavy atom. The molecule has 0 unspecified atom stereocenters. The molecule has 0 aliphatic heterocycles. The molecule has 1 aromatic carbocycles. The van der Waals surface area contributed by atoms with Crippen LogP contribution in [0.2, 0.25) is 10.0 Å². The highest BCUT2D eigenvalue weighted by atomic mass is 35.5. The van der Waals surface area contributed by atoms with E-state index in [0.29, 0.717) is 23.1 Å². The summed E-state index contributed by atoms with van der Waals surface area (Å²) in [6.45, 7) is 7.28. The average Bonchev–Trinajstić information content (AvgIpc) is 2.93. The number of hydrogen-bond acceptors (Lipinski definition) is 3. The lowest BCUT2D eigenvalue weighted by molar-refractivity contribution is 0.153. The molecule has 0 saturated heterocycles. The number of carbonyl (C=O) groups is 1. The van der Waals surface area contributed by atoms with E-state index in [-0.39, 0.29) is 5.92 Å². The van der Waals surface area contributed by atoms with Crippen LogP contribution in [0.4, 0.5) is 4.79 Å². The number of pyridine rings is 1. The molecule has 0 spiro atoms. The molecule has 0 aliphatic carbocycles. The van der Waals surface area contributed by atoms with Crippen molar-refractivity contribution < 1.29 is 9.90 Å². The van der Waals surface area contributed by atoms with Crippen molar-refractivity contribution in [2.24, 2.45) is 0 Å². The van der Waals surface area contributed by atoms with E-state index in [2.05, 4.69) is 23.4 Å². The molecule has 31 heavy (non-hydrogen) atoms. The zero-order chi connectivity index (χ0) is 22.7. The number of rotatable bonds is 7. The number of benzene rings is 1. The van der Waals surface area contributed by atoms with Crippen molar-refractivity contribution in [2.75, 3.05) is 7.05 Å². The van der Waals surface area contributed by atoms with Gasteiger partial charge in [-0.25, -0.2) is 4.79 Å². The Kier molecular flexibility index (Phi) is 7.57. The number of carboxylic acid groups (broad SMARTS) is 1. The maximum absolute atomic E-state index is 11.5. The monoisotopic (exact) mass is 477 g/mol. The summed E-state index contributed by atoms with van der Waals surface area (Å²) in [6.07, 6.45) is 2.60. The van der Waals surface area contributed by atoms with Crippen LogP contribution in [0.5, 0.6) is 0 Å². The first-order valence-corrected chi connectivity index (χ1v) is 11.4. The second kappa shape index (κ2) is 9.98. The van der Waals surface area contributed by atoms with Gasteiger partial charge in [-0.2, -0.15) is 0 Å². The van der Waals surface area contributed by atoms with Gasteiger partial charge in [-0.15, -0.1) is 0 Å². The Bertz CT molecular complexity index is 1060. The molecule has 1 amide bonds. The zero-order valence-electron chi connectivity index (χ0n) is 17.9. The Balaban J connectivity index is 2.17. The number of halogens is 2. The van der Waals surface area contributed by atoms with Gasteiger partial charge in [-0.05, 0) is 59.9 Å². The normalized spacial score (nSPS) is 11.2. The first-order valence-electron chi connectivity index (χ1n) is 9.86. The minimum Gasteiger partial charge on any atom is -0.465 e. The molecule has 1 N–H and O–H groups in total. The molecule has 0 aliphatic rings. The van der Waals surface area contributed by atoms with Crippen molar-refractivity contribution in [3.8, 4) is 0 Å². The molecule has 3 aromatic rings. The van der Waals surface area contributed by atoms with E-state index in [1.54, 1.807) is 37.3 Å². The van der Waals surface area contributed by atoms with Crippen LogP contribution in [-0.2, 0) is 13.1 Å². The van der Waals surface area contributed by atoms with Crippen LogP contribution >= 0.6 is 35.0 Å². The van der Waals surface area contributed by atoms with E-state index in [1.165, 1.54) is 4.90 Å². The first kappa shape index (κ1) is 23.5. The number of nitrogens with zero attached hydrogens (tertiary/aromatic N) is 3. The quantitative estimate of drug-likeness (QED) is 0.400. The van der Waals surface area contributed by atoms with Crippen LogP contribution in [0.3, 0.4) is 0 Å². The summed E-state index contributed by atoms with van der Waals surface area (Å²) >= 11 is 14.1. The van der Waals surface area contributed by atoms with Gasteiger partial charge in [-0.3, -0.25) is 4.98 Å². The number of aromatic nitrogens is 2. The second-order valence-corrected chi connectivity index (χ2v) is 9.66. The van der Waals surface area contributed by atoms with Crippen molar-refractivity contribution >= 4 is 41.1 Å². The molecule has 2 heterocycles. The summed E-state index contributed by atoms with van der Waals surface area (Å²) in [5.74, 6) is 0.201. The third-order valence-electron chi connectivity index (χ3n) is 5.08. The van der Waals surface area contributed by atoms with E-state index < -0.39 is 6.09 Å². The fraction of sp³-hybridized carbons (Fsp3) is 0.304. The minimum atomic E-state index is -0.952. The van der Waals surface area contributed by atoms with Gasteiger partial charge in [0.05, 0.1) is 11.6 Å². The zero-order valence-corrected chi connectivity index (χ0v) is 20.2. The third kappa shape index (κ3) is 5.56. The summed E-state index contributed by atoms with van der Waals surface area (Å²) in [5.41, 5.74) is 4.34. The van der Waals surface area contributed by atoms with Crippen LogP contribution in [0.15, 0.2) is 52.6 Å². The summed E-state index contributed by atoms with van der Waals surface area (Å²) in [7, 11) is 1.59. The molecular weight excluding hydrogens is 453 g/mol. The van der Waals surface area contributed by atoms with Crippen molar-refractivity contribution in [1.82, 2.24) is 14.5 Å². The molecule has 0 saturated carbocycles. The largest absolute Gasteiger partial charge is 0.465 e. The molecule has 3 rings (SSSR count). The van der Waals surface area contributed by atoms with Gasteiger partial charge in [0, 0.05) is 46.6 Å². The standard InChI is InChI=1S/C23H25Cl2N3O2S/c1-14(2)21-20(13-27(4)23(29)30)15(3)28(12-16-5-7-26-8-6-16)22(21)31-19-10-17(24)9-18(25)11-19/h5-11,14H,12-13H2,1-4H3,(H,29,30). The van der Waals surface area contributed by atoms with Gasteiger partial charge < -0.3 is 14.6 Å². The van der Waals surface area contributed by atoms with E-state index in [1.807, 2.05) is 31.2 Å². The predicted octanol–water partition coefficient (Wildman–Crippen LogP) is 6.93. The van der Waals surface area contributed by atoms with Crippen LogP contribution in [0.1, 0.15) is 42.1 Å². The van der Waals surface area contributed by atoms with Gasteiger partial charge in [0.15, 0.2) is 0 Å². The van der Waals surface area contributed by atoms with Crippen LogP contribution in [0, 0.1) is 6.92 Å². The van der Waals surface area contributed by atoms with Gasteiger partial charge in [-0.1, -0.05) is 48.8 Å². The molecule has 0 atom stereocenters. The molecule has 164 valence electrons. The summed E-state index contributed by atoms with van der Waals surface area (Å²) in [6, 6.07) is 9.48. The Labute approximate surface area is 197 Å². The summed E-state index contributed by atoms with van der Waals surface area (Å²) < 4.78 is 2.25. The molecule has 5 nitrogen and oxygen atoms in total. The molecule has 8 heteroatoms. The maximum Gasteiger partial charge on any atom is 0.407 e. The van der Waals surface area contributed by atoms with Gasteiger partial charge in [0.1, 0.15) is 0 Å². The van der Waals surface area contributed by atoms with Gasteiger partial charge in [0.2, 0.25) is 0 Å². The second-order valence-electron chi connectivity index (χ2n) is 7.72. The van der Waals surface area contributed by atoms with Crippen molar-refractivity contribution in [1.29, 1.82) is 0 Å². The molecular formula is C23H25Cl2N3O2S. The van der Waals surface area contributed by atoms with Crippen molar-refractivity contribution in [3.05, 3.63) is 75.2 Å². The Morgan fingerprint density at radius 1 is 1.19 bits per heavy atom.